The normalized spacial score (nSPS) is 31.5. The van der Waals surface area contributed by atoms with Crippen LogP contribution in [0.5, 0.6) is 5.75 Å². The van der Waals surface area contributed by atoms with Crippen LogP contribution in [0.15, 0.2) is 47.5 Å². The molecule has 0 bridgehead atoms. The third-order valence-electron chi connectivity index (χ3n) is 6.00. The number of rotatable bonds is 1. The first kappa shape index (κ1) is 16.9. The molecule has 2 aromatic carbocycles. The molecule has 0 saturated heterocycles. The Morgan fingerprint density at radius 1 is 1.15 bits per heavy atom. The van der Waals surface area contributed by atoms with E-state index in [0.717, 1.165) is 35.3 Å². The van der Waals surface area contributed by atoms with Gasteiger partial charge in [-0.2, -0.15) is 0 Å². The molecule has 5 rings (SSSR count). The largest absolute Gasteiger partial charge is 0.490 e. The van der Waals surface area contributed by atoms with Gasteiger partial charge in [0.05, 0.1) is 6.10 Å². The summed E-state index contributed by atoms with van der Waals surface area (Å²) in [5.74, 6) is 0.852. The number of benzene rings is 2. The van der Waals surface area contributed by atoms with Crippen LogP contribution in [0.3, 0.4) is 0 Å². The smallest absolute Gasteiger partial charge is 0.283 e. The number of aliphatic hydroxyl groups excluding tert-OH is 1. The van der Waals surface area contributed by atoms with Gasteiger partial charge in [-0.05, 0) is 54.7 Å². The molecule has 0 aromatic heterocycles. The SMILES string of the molecule is NC1=NC2(CO1)c1cc(-c3cccc(Cl)c3)ccc1OC1CCC(O)CC12. The monoisotopic (exact) mass is 384 g/mol. The number of hydrogen-bond acceptors (Lipinski definition) is 5. The molecule has 2 aromatic rings. The van der Waals surface area contributed by atoms with E-state index in [1.807, 2.05) is 36.4 Å². The van der Waals surface area contributed by atoms with E-state index in [4.69, 9.17) is 31.8 Å². The summed E-state index contributed by atoms with van der Waals surface area (Å²) >= 11 is 6.17. The standard InChI is InChI=1S/C21H21ClN2O3/c22-14-3-1-2-12(8-14)13-4-6-18-16(9-13)21(11-26-20(23)24-21)17-10-15(25)5-7-19(17)27-18/h1-4,6,8-9,15,17,19,25H,5,7,10-11H2,(H2,23,24). The first-order valence-electron chi connectivity index (χ1n) is 9.28. The Morgan fingerprint density at radius 2 is 2.00 bits per heavy atom. The van der Waals surface area contributed by atoms with Gasteiger partial charge in [0, 0.05) is 16.5 Å². The Bertz CT molecular complexity index is 931. The van der Waals surface area contributed by atoms with Gasteiger partial charge in [0.15, 0.2) is 0 Å². The van der Waals surface area contributed by atoms with Crippen molar-refractivity contribution >= 4 is 17.6 Å². The van der Waals surface area contributed by atoms with Crippen molar-refractivity contribution in [3.8, 4) is 16.9 Å². The average molecular weight is 385 g/mol. The van der Waals surface area contributed by atoms with Gasteiger partial charge in [-0.1, -0.05) is 29.8 Å². The van der Waals surface area contributed by atoms with Crippen LogP contribution in [0.1, 0.15) is 24.8 Å². The van der Waals surface area contributed by atoms with Crippen molar-refractivity contribution in [1.29, 1.82) is 0 Å². The Labute approximate surface area is 162 Å². The molecule has 0 radical (unpaired) electrons. The van der Waals surface area contributed by atoms with Gasteiger partial charge in [-0.25, -0.2) is 4.99 Å². The molecule has 6 heteroatoms. The molecule has 3 aliphatic rings. The highest BCUT2D eigenvalue weighted by atomic mass is 35.5. The van der Waals surface area contributed by atoms with Crippen LogP contribution in [0.4, 0.5) is 0 Å². The summed E-state index contributed by atoms with van der Waals surface area (Å²) in [6.45, 7) is 0.377. The number of ether oxygens (including phenoxy) is 2. The number of halogens is 1. The van der Waals surface area contributed by atoms with Gasteiger partial charge in [-0.3, -0.25) is 0 Å². The van der Waals surface area contributed by atoms with Crippen LogP contribution in [0, 0.1) is 5.92 Å². The molecular weight excluding hydrogens is 364 g/mol. The molecule has 1 aliphatic carbocycles. The minimum absolute atomic E-state index is 0.0103. The lowest BCUT2D eigenvalue weighted by Crippen LogP contribution is -2.51. The van der Waals surface area contributed by atoms with Crippen LogP contribution in [-0.4, -0.2) is 29.9 Å². The Balaban J connectivity index is 1.66. The Kier molecular flexibility index (Phi) is 3.85. The second kappa shape index (κ2) is 6.14. The van der Waals surface area contributed by atoms with E-state index in [0.29, 0.717) is 18.1 Å². The number of nitrogens with two attached hydrogens (primary N) is 1. The molecule has 2 aliphatic heterocycles. The van der Waals surface area contributed by atoms with E-state index in [-0.39, 0.29) is 24.1 Å². The number of fused-ring (bicyclic) bond motifs is 4. The maximum absolute atomic E-state index is 10.3. The quantitative estimate of drug-likeness (QED) is 0.789. The lowest BCUT2D eigenvalue weighted by Gasteiger charge is -2.47. The highest BCUT2D eigenvalue weighted by Crippen LogP contribution is 2.53. The van der Waals surface area contributed by atoms with Gasteiger partial charge in [0.1, 0.15) is 24.0 Å². The molecule has 27 heavy (non-hydrogen) atoms. The number of hydrogen-bond donors (Lipinski definition) is 2. The van der Waals surface area contributed by atoms with Crippen molar-refractivity contribution in [1.82, 2.24) is 0 Å². The van der Waals surface area contributed by atoms with Crippen molar-refractivity contribution < 1.29 is 14.6 Å². The molecule has 1 saturated carbocycles. The van der Waals surface area contributed by atoms with Gasteiger partial charge >= 0.3 is 0 Å². The zero-order valence-electron chi connectivity index (χ0n) is 14.8. The van der Waals surface area contributed by atoms with E-state index < -0.39 is 5.54 Å². The van der Waals surface area contributed by atoms with Crippen molar-refractivity contribution in [2.75, 3.05) is 6.61 Å². The molecule has 5 nitrogen and oxygen atoms in total. The summed E-state index contributed by atoms with van der Waals surface area (Å²) in [5.41, 5.74) is 8.35. The Morgan fingerprint density at radius 3 is 2.78 bits per heavy atom. The van der Waals surface area contributed by atoms with Crippen LogP contribution < -0.4 is 10.5 Å². The highest BCUT2D eigenvalue weighted by molar-refractivity contribution is 6.30. The van der Waals surface area contributed by atoms with E-state index in [1.165, 1.54) is 0 Å². The van der Waals surface area contributed by atoms with E-state index in [9.17, 15) is 5.11 Å². The number of aliphatic hydroxyl groups is 1. The summed E-state index contributed by atoms with van der Waals surface area (Å²) < 4.78 is 11.9. The first-order chi connectivity index (χ1) is 13.0. The summed E-state index contributed by atoms with van der Waals surface area (Å²) in [6.07, 6.45) is 1.84. The van der Waals surface area contributed by atoms with Gasteiger partial charge in [0.25, 0.3) is 6.02 Å². The molecule has 0 amide bonds. The zero-order chi connectivity index (χ0) is 18.6. The fourth-order valence-electron chi connectivity index (χ4n) is 4.72. The van der Waals surface area contributed by atoms with Crippen molar-refractivity contribution in [3.63, 3.8) is 0 Å². The number of nitrogens with zero attached hydrogens (tertiary/aromatic N) is 1. The van der Waals surface area contributed by atoms with Gasteiger partial charge in [0.2, 0.25) is 0 Å². The summed E-state index contributed by atoms with van der Waals surface area (Å²) in [4.78, 5) is 4.75. The molecular formula is C21H21ClN2O3. The predicted octanol–water partition coefficient (Wildman–Crippen LogP) is 3.47. The lowest BCUT2D eigenvalue weighted by molar-refractivity contribution is -0.0359. The Hall–Kier alpha value is -2.24. The van der Waals surface area contributed by atoms with E-state index in [1.54, 1.807) is 0 Å². The van der Waals surface area contributed by atoms with Crippen LogP contribution in [-0.2, 0) is 10.3 Å². The minimum atomic E-state index is -0.613. The van der Waals surface area contributed by atoms with Crippen molar-refractivity contribution in [3.05, 3.63) is 53.1 Å². The third-order valence-corrected chi connectivity index (χ3v) is 6.24. The summed E-state index contributed by atoms with van der Waals surface area (Å²) in [7, 11) is 0. The topological polar surface area (TPSA) is 77.1 Å². The number of amidine groups is 1. The summed E-state index contributed by atoms with van der Waals surface area (Å²) in [6, 6.07) is 14.1. The van der Waals surface area contributed by atoms with Gasteiger partial charge in [-0.15, -0.1) is 0 Å². The third kappa shape index (κ3) is 2.68. The maximum Gasteiger partial charge on any atom is 0.283 e. The zero-order valence-corrected chi connectivity index (χ0v) is 15.5. The predicted molar refractivity (Wildman–Crippen MR) is 104 cm³/mol. The fraction of sp³-hybridized carbons (Fsp3) is 0.381. The summed E-state index contributed by atoms with van der Waals surface area (Å²) in [5, 5.41) is 11.0. The first-order valence-corrected chi connectivity index (χ1v) is 9.66. The highest BCUT2D eigenvalue weighted by Gasteiger charge is 2.55. The second-order valence-electron chi connectivity index (χ2n) is 7.61. The van der Waals surface area contributed by atoms with E-state index >= 15 is 0 Å². The van der Waals surface area contributed by atoms with Crippen LogP contribution >= 0.6 is 11.6 Å². The molecule has 1 fully saturated rings. The van der Waals surface area contributed by atoms with Crippen LogP contribution in [0.2, 0.25) is 5.02 Å². The minimum Gasteiger partial charge on any atom is -0.490 e. The fourth-order valence-corrected chi connectivity index (χ4v) is 4.91. The van der Waals surface area contributed by atoms with Crippen LogP contribution in [0.25, 0.3) is 11.1 Å². The number of aliphatic imine (C=N–C) groups is 1. The molecule has 3 N–H and O–H groups in total. The van der Waals surface area contributed by atoms with Crippen molar-refractivity contribution in [2.24, 2.45) is 16.6 Å². The molecule has 4 unspecified atom stereocenters. The average Bonchev–Trinajstić information content (AvgIpc) is 3.05. The van der Waals surface area contributed by atoms with Gasteiger partial charge < -0.3 is 20.3 Å². The molecule has 1 spiro atoms. The second-order valence-corrected chi connectivity index (χ2v) is 8.05. The molecule has 4 atom stereocenters. The maximum atomic E-state index is 10.3. The molecule has 2 heterocycles. The lowest BCUT2D eigenvalue weighted by atomic mass is 9.67. The molecule has 140 valence electrons. The van der Waals surface area contributed by atoms with Crippen molar-refractivity contribution in [2.45, 2.75) is 37.0 Å². The van der Waals surface area contributed by atoms with E-state index in [2.05, 4.69) is 6.07 Å².